The van der Waals surface area contributed by atoms with Crippen molar-refractivity contribution in [3.63, 3.8) is 0 Å². The number of carbonyl (C=O) groups excluding carboxylic acids is 2. The van der Waals surface area contributed by atoms with Crippen molar-refractivity contribution in [2.24, 2.45) is 0 Å². The van der Waals surface area contributed by atoms with Gasteiger partial charge < -0.3 is 19.7 Å². The third-order valence-corrected chi connectivity index (χ3v) is 5.85. The highest BCUT2D eigenvalue weighted by molar-refractivity contribution is 7.15. The molecule has 1 fully saturated rings. The van der Waals surface area contributed by atoms with E-state index in [9.17, 15) is 9.59 Å². The molecule has 0 atom stereocenters. The maximum Gasteiger partial charge on any atom is 0.341 e. The molecule has 1 saturated heterocycles. The number of benzene rings is 1. The van der Waals surface area contributed by atoms with Crippen molar-refractivity contribution >= 4 is 28.2 Å². The van der Waals surface area contributed by atoms with E-state index in [1.54, 1.807) is 6.92 Å². The zero-order chi connectivity index (χ0) is 20.1. The molecule has 3 rings (SSSR count). The van der Waals surface area contributed by atoms with Crippen molar-refractivity contribution in [1.82, 2.24) is 0 Å². The summed E-state index contributed by atoms with van der Waals surface area (Å²) in [6.45, 7) is 9.50. The standard InChI is InChI=1S/C21H26N2O4S/c1-4-27-21(25)19-17(16-6-5-14(2)15(3)11-16)13-28-20(19)22-18(24)12-23-7-9-26-10-8-23/h5-6,11,13H,4,7-10,12H2,1-3H3,(H,22,24)/p+1. The second-order valence-electron chi connectivity index (χ2n) is 6.96. The van der Waals surface area contributed by atoms with Crippen LogP contribution in [-0.4, -0.2) is 51.3 Å². The Balaban J connectivity index is 1.86. The van der Waals surface area contributed by atoms with Crippen LogP contribution in [0.4, 0.5) is 5.00 Å². The highest BCUT2D eigenvalue weighted by Crippen LogP contribution is 2.36. The van der Waals surface area contributed by atoms with E-state index in [1.807, 2.05) is 24.4 Å². The molecule has 0 unspecified atom stereocenters. The van der Waals surface area contributed by atoms with E-state index in [2.05, 4.69) is 18.3 Å². The highest BCUT2D eigenvalue weighted by Gasteiger charge is 2.24. The summed E-state index contributed by atoms with van der Waals surface area (Å²) in [4.78, 5) is 26.4. The first-order valence-corrected chi connectivity index (χ1v) is 10.4. The molecule has 2 N–H and O–H groups in total. The largest absolute Gasteiger partial charge is 0.462 e. The summed E-state index contributed by atoms with van der Waals surface area (Å²) in [7, 11) is 0. The molecule has 0 spiro atoms. The van der Waals surface area contributed by atoms with Gasteiger partial charge in [-0.3, -0.25) is 4.79 Å². The Morgan fingerprint density at radius 3 is 2.64 bits per heavy atom. The summed E-state index contributed by atoms with van der Waals surface area (Å²) in [5, 5.41) is 5.39. The number of esters is 1. The third-order valence-electron chi connectivity index (χ3n) is 4.95. The molecule has 150 valence electrons. The first kappa shape index (κ1) is 20.5. The van der Waals surface area contributed by atoms with Crippen LogP contribution in [-0.2, 0) is 14.3 Å². The molecule has 1 aliphatic rings. The van der Waals surface area contributed by atoms with Crippen LogP contribution in [0.25, 0.3) is 11.1 Å². The van der Waals surface area contributed by atoms with Crippen molar-refractivity contribution in [3.05, 3.63) is 40.3 Å². The number of aryl methyl sites for hydroxylation is 2. The Bertz CT molecular complexity index is 856. The van der Waals surface area contributed by atoms with Gasteiger partial charge in [-0.2, -0.15) is 0 Å². The van der Waals surface area contributed by atoms with E-state index in [0.29, 0.717) is 30.3 Å². The zero-order valence-electron chi connectivity index (χ0n) is 16.6. The van der Waals surface area contributed by atoms with Gasteiger partial charge in [-0.05, 0) is 37.5 Å². The number of anilines is 1. The lowest BCUT2D eigenvalue weighted by Gasteiger charge is -2.23. The number of hydrogen-bond donors (Lipinski definition) is 2. The lowest BCUT2D eigenvalue weighted by atomic mass is 9.99. The Morgan fingerprint density at radius 2 is 1.96 bits per heavy atom. The molecule has 2 heterocycles. The summed E-state index contributed by atoms with van der Waals surface area (Å²) in [5.41, 5.74) is 4.52. The number of quaternary nitrogens is 1. The second-order valence-corrected chi connectivity index (χ2v) is 7.84. The molecule has 6 nitrogen and oxygen atoms in total. The fourth-order valence-corrected chi connectivity index (χ4v) is 4.19. The van der Waals surface area contributed by atoms with Gasteiger partial charge in [0.25, 0.3) is 5.91 Å². The van der Waals surface area contributed by atoms with E-state index in [0.717, 1.165) is 29.8 Å². The molecule has 0 aliphatic carbocycles. The van der Waals surface area contributed by atoms with Crippen LogP contribution < -0.4 is 10.2 Å². The third kappa shape index (κ3) is 4.79. The van der Waals surface area contributed by atoms with Gasteiger partial charge in [-0.15, -0.1) is 11.3 Å². The number of carbonyl (C=O) groups is 2. The summed E-state index contributed by atoms with van der Waals surface area (Å²) in [6.07, 6.45) is 0. The van der Waals surface area contributed by atoms with E-state index >= 15 is 0 Å². The van der Waals surface area contributed by atoms with E-state index in [4.69, 9.17) is 9.47 Å². The van der Waals surface area contributed by atoms with E-state index < -0.39 is 5.97 Å². The van der Waals surface area contributed by atoms with Crippen LogP contribution in [0.15, 0.2) is 23.6 Å². The molecule has 7 heteroatoms. The molecular weight excluding hydrogens is 376 g/mol. The number of ether oxygens (including phenoxy) is 2. The van der Waals surface area contributed by atoms with Gasteiger partial charge in [0.15, 0.2) is 6.54 Å². The number of nitrogens with one attached hydrogen (secondary N) is 2. The van der Waals surface area contributed by atoms with Crippen molar-refractivity contribution in [1.29, 1.82) is 0 Å². The normalized spacial score (nSPS) is 14.7. The Morgan fingerprint density at radius 1 is 1.21 bits per heavy atom. The highest BCUT2D eigenvalue weighted by atomic mass is 32.1. The predicted molar refractivity (Wildman–Crippen MR) is 110 cm³/mol. The number of morpholine rings is 1. The lowest BCUT2D eigenvalue weighted by Crippen LogP contribution is -3.15. The van der Waals surface area contributed by atoms with Gasteiger partial charge in [-0.25, -0.2) is 4.79 Å². The number of rotatable bonds is 6. The Labute approximate surface area is 169 Å². The molecule has 2 aromatic rings. The first-order valence-electron chi connectivity index (χ1n) is 9.57. The molecule has 0 bridgehead atoms. The van der Waals surface area contributed by atoms with Crippen LogP contribution in [0.2, 0.25) is 0 Å². The van der Waals surface area contributed by atoms with Crippen molar-refractivity contribution in [2.45, 2.75) is 20.8 Å². The summed E-state index contributed by atoms with van der Waals surface area (Å²) in [6, 6.07) is 6.09. The molecule has 0 radical (unpaired) electrons. The average molecular weight is 404 g/mol. The monoisotopic (exact) mass is 403 g/mol. The van der Waals surface area contributed by atoms with Crippen LogP contribution >= 0.6 is 11.3 Å². The van der Waals surface area contributed by atoms with Crippen LogP contribution in [0.1, 0.15) is 28.4 Å². The van der Waals surface area contributed by atoms with E-state index in [-0.39, 0.29) is 12.5 Å². The molecular formula is C21H27N2O4S+. The van der Waals surface area contributed by atoms with Crippen LogP contribution in [0, 0.1) is 13.8 Å². The maximum atomic E-state index is 12.7. The Hall–Kier alpha value is -2.22. The number of hydrogen-bond acceptors (Lipinski definition) is 5. The van der Waals surface area contributed by atoms with Crippen molar-refractivity contribution in [2.75, 3.05) is 44.8 Å². The van der Waals surface area contributed by atoms with Gasteiger partial charge in [0.2, 0.25) is 0 Å². The number of amides is 1. The topological polar surface area (TPSA) is 69.1 Å². The maximum absolute atomic E-state index is 12.7. The van der Waals surface area contributed by atoms with Gasteiger partial charge in [0.1, 0.15) is 23.7 Å². The molecule has 1 aromatic heterocycles. The van der Waals surface area contributed by atoms with Crippen LogP contribution in [0.3, 0.4) is 0 Å². The quantitative estimate of drug-likeness (QED) is 0.725. The molecule has 0 saturated carbocycles. The summed E-state index contributed by atoms with van der Waals surface area (Å²) in [5.74, 6) is -0.512. The molecule has 1 aliphatic heterocycles. The first-order chi connectivity index (χ1) is 13.5. The van der Waals surface area contributed by atoms with Crippen molar-refractivity contribution in [3.8, 4) is 11.1 Å². The minimum Gasteiger partial charge on any atom is -0.462 e. The van der Waals surface area contributed by atoms with Gasteiger partial charge in [0, 0.05) is 10.9 Å². The van der Waals surface area contributed by atoms with Gasteiger partial charge >= 0.3 is 5.97 Å². The van der Waals surface area contributed by atoms with E-state index in [1.165, 1.54) is 21.8 Å². The smallest absolute Gasteiger partial charge is 0.341 e. The number of thiophene rings is 1. The average Bonchev–Trinajstić information content (AvgIpc) is 3.08. The zero-order valence-corrected chi connectivity index (χ0v) is 17.4. The SMILES string of the molecule is CCOC(=O)c1c(-c2ccc(C)c(C)c2)csc1NC(=O)C[NH+]1CCOCC1. The minimum absolute atomic E-state index is 0.101. The van der Waals surface area contributed by atoms with Gasteiger partial charge in [0.05, 0.1) is 19.8 Å². The Kier molecular flexibility index (Phi) is 6.83. The predicted octanol–water partition coefficient (Wildman–Crippen LogP) is 2.06. The van der Waals surface area contributed by atoms with Crippen LogP contribution in [0.5, 0.6) is 0 Å². The molecule has 1 amide bonds. The second kappa shape index (κ2) is 9.32. The molecule has 1 aromatic carbocycles. The molecule has 28 heavy (non-hydrogen) atoms. The van der Waals surface area contributed by atoms with Gasteiger partial charge in [-0.1, -0.05) is 18.2 Å². The minimum atomic E-state index is -0.411. The fourth-order valence-electron chi connectivity index (χ4n) is 3.21. The lowest BCUT2D eigenvalue weighted by molar-refractivity contribution is -0.899. The fraction of sp³-hybridized carbons (Fsp3) is 0.429. The van der Waals surface area contributed by atoms with Crippen molar-refractivity contribution < 1.29 is 24.0 Å². The summed E-state index contributed by atoms with van der Waals surface area (Å²) < 4.78 is 10.6. The summed E-state index contributed by atoms with van der Waals surface area (Å²) >= 11 is 1.36.